The zero-order valence-electron chi connectivity index (χ0n) is 7.35. The van der Waals surface area contributed by atoms with Crippen molar-refractivity contribution in [3.05, 3.63) is 42.1 Å². The Balaban J connectivity index is 3.10. The minimum atomic E-state index is -0.468. The van der Waals surface area contributed by atoms with Crippen molar-refractivity contribution in [2.45, 2.75) is 6.92 Å². The molecule has 1 aromatic heterocycles. The smallest absolute Gasteiger partial charge is 0.306 e. The standard InChI is InChI=1S/C9H7IN2O2/c1-4-2-5-7(6(10)3-4)11-9(14)12-8(5)13/h2-3H,1H3,(H2,11,12,13,14). The Bertz CT molecular complexity index is 612. The van der Waals surface area contributed by atoms with Crippen LogP contribution in [0.5, 0.6) is 0 Å². The van der Waals surface area contributed by atoms with Crippen LogP contribution in [0.15, 0.2) is 21.7 Å². The monoisotopic (exact) mass is 302 g/mol. The van der Waals surface area contributed by atoms with Gasteiger partial charge in [-0.25, -0.2) is 4.79 Å². The highest BCUT2D eigenvalue weighted by Gasteiger charge is 2.04. The lowest BCUT2D eigenvalue weighted by molar-refractivity contribution is 1.08. The SMILES string of the molecule is Cc1cc(I)c2[nH]c(=O)[nH]c(=O)c2c1. The van der Waals surface area contributed by atoms with E-state index in [0.29, 0.717) is 10.9 Å². The van der Waals surface area contributed by atoms with Crippen molar-refractivity contribution in [2.75, 3.05) is 0 Å². The lowest BCUT2D eigenvalue weighted by Crippen LogP contribution is -2.22. The topological polar surface area (TPSA) is 65.7 Å². The van der Waals surface area contributed by atoms with Crippen molar-refractivity contribution >= 4 is 33.5 Å². The predicted molar refractivity (Wildman–Crippen MR) is 62.6 cm³/mol. The van der Waals surface area contributed by atoms with E-state index in [0.717, 1.165) is 9.13 Å². The highest BCUT2D eigenvalue weighted by Crippen LogP contribution is 2.16. The van der Waals surface area contributed by atoms with Gasteiger partial charge in [0.1, 0.15) is 0 Å². The largest absolute Gasteiger partial charge is 0.326 e. The van der Waals surface area contributed by atoms with Crippen LogP contribution in [0.1, 0.15) is 5.56 Å². The first kappa shape index (κ1) is 9.45. The molecule has 0 aliphatic heterocycles. The number of rotatable bonds is 0. The molecule has 2 rings (SSSR count). The van der Waals surface area contributed by atoms with Crippen LogP contribution in [-0.2, 0) is 0 Å². The number of aromatic amines is 2. The summed E-state index contributed by atoms with van der Waals surface area (Å²) < 4.78 is 0.876. The third-order valence-electron chi connectivity index (χ3n) is 1.94. The molecule has 14 heavy (non-hydrogen) atoms. The van der Waals surface area contributed by atoms with Gasteiger partial charge in [-0.3, -0.25) is 9.78 Å². The molecule has 0 spiro atoms. The van der Waals surface area contributed by atoms with Gasteiger partial charge < -0.3 is 4.98 Å². The van der Waals surface area contributed by atoms with Gasteiger partial charge in [0.25, 0.3) is 5.56 Å². The highest BCUT2D eigenvalue weighted by atomic mass is 127. The third-order valence-corrected chi connectivity index (χ3v) is 2.80. The first-order valence-electron chi connectivity index (χ1n) is 4.00. The number of benzene rings is 1. The Morgan fingerprint density at radius 1 is 1.21 bits per heavy atom. The maximum Gasteiger partial charge on any atom is 0.326 e. The van der Waals surface area contributed by atoms with Crippen LogP contribution in [0.2, 0.25) is 0 Å². The number of hydrogen-bond donors (Lipinski definition) is 2. The maximum atomic E-state index is 11.4. The maximum absolute atomic E-state index is 11.4. The second-order valence-electron chi connectivity index (χ2n) is 3.08. The van der Waals surface area contributed by atoms with Crippen LogP contribution in [0.3, 0.4) is 0 Å². The molecule has 0 aliphatic rings. The third kappa shape index (κ3) is 1.47. The summed E-state index contributed by atoms with van der Waals surface area (Å²) in [5, 5.41) is 0.522. The van der Waals surface area contributed by atoms with Crippen molar-refractivity contribution in [2.24, 2.45) is 0 Å². The van der Waals surface area contributed by atoms with Crippen LogP contribution in [0, 0.1) is 10.5 Å². The fraction of sp³-hybridized carbons (Fsp3) is 0.111. The molecule has 5 heteroatoms. The van der Waals surface area contributed by atoms with E-state index >= 15 is 0 Å². The van der Waals surface area contributed by atoms with Crippen LogP contribution < -0.4 is 11.2 Å². The van der Waals surface area contributed by atoms with Crippen LogP contribution >= 0.6 is 22.6 Å². The number of nitrogens with one attached hydrogen (secondary N) is 2. The Morgan fingerprint density at radius 3 is 2.64 bits per heavy atom. The molecule has 0 saturated carbocycles. The Hall–Kier alpha value is -1.11. The average molecular weight is 302 g/mol. The van der Waals surface area contributed by atoms with E-state index in [4.69, 9.17) is 0 Å². The van der Waals surface area contributed by atoms with Gasteiger partial charge >= 0.3 is 5.69 Å². The van der Waals surface area contributed by atoms with Gasteiger partial charge in [0.05, 0.1) is 10.9 Å². The molecule has 1 heterocycles. The number of halogens is 1. The van der Waals surface area contributed by atoms with E-state index in [2.05, 4.69) is 32.6 Å². The molecule has 2 aromatic rings. The summed E-state index contributed by atoms with van der Waals surface area (Å²) in [4.78, 5) is 27.3. The zero-order chi connectivity index (χ0) is 10.3. The average Bonchev–Trinajstić information content (AvgIpc) is 2.07. The second-order valence-corrected chi connectivity index (χ2v) is 4.24. The van der Waals surface area contributed by atoms with E-state index in [1.165, 1.54) is 0 Å². The van der Waals surface area contributed by atoms with Gasteiger partial charge in [-0.1, -0.05) is 0 Å². The fourth-order valence-electron chi connectivity index (χ4n) is 1.36. The van der Waals surface area contributed by atoms with Gasteiger partial charge in [0, 0.05) is 3.57 Å². The second kappa shape index (κ2) is 3.23. The molecule has 0 atom stereocenters. The van der Waals surface area contributed by atoms with E-state index in [1.54, 1.807) is 6.07 Å². The van der Waals surface area contributed by atoms with Crippen LogP contribution in [0.25, 0.3) is 10.9 Å². The van der Waals surface area contributed by atoms with E-state index in [1.807, 2.05) is 13.0 Å². The van der Waals surface area contributed by atoms with Gasteiger partial charge in [-0.15, -0.1) is 0 Å². The molecule has 0 fully saturated rings. The first-order chi connectivity index (χ1) is 6.58. The highest BCUT2D eigenvalue weighted by molar-refractivity contribution is 14.1. The minimum Gasteiger partial charge on any atom is -0.306 e. The van der Waals surface area contributed by atoms with E-state index < -0.39 is 5.69 Å². The van der Waals surface area contributed by atoms with Gasteiger partial charge in [-0.2, -0.15) is 0 Å². The quantitative estimate of drug-likeness (QED) is 0.717. The van der Waals surface area contributed by atoms with Gasteiger partial charge in [0.2, 0.25) is 0 Å². The predicted octanol–water partition coefficient (Wildman–Crippen LogP) is 1.13. The van der Waals surface area contributed by atoms with Crippen molar-refractivity contribution in [1.29, 1.82) is 0 Å². The molecular formula is C9H7IN2O2. The molecule has 0 aliphatic carbocycles. The number of aryl methyl sites for hydroxylation is 1. The molecule has 0 radical (unpaired) electrons. The zero-order valence-corrected chi connectivity index (χ0v) is 9.51. The molecule has 0 unspecified atom stereocenters. The minimum absolute atomic E-state index is 0.342. The number of hydrogen-bond acceptors (Lipinski definition) is 2. The van der Waals surface area contributed by atoms with Crippen molar-refractivity contribution in [3.63, 3.8) is 0 Å². The summed E-state index contributed by atoms with van der Waals surface area (Å²) in [5.74, 6) is 0. The van der Waals surface area contributed by atoms with Crippen molar-refractivity contribution < 1.29 is 0 Å². The Morgan fingerprint density at radius 2 is 1.93 bits per heavy atom. The fourth-order valence-corrected chi connectivity index (χ4v) is 2.28. The lowest BCUT2D eigenvalue weighted by Gasteiger charge is -2.00. The Kier molecular flexibility index (Phi) is 2.18. The molecule has 0 saturated heterocycles. The summed E-state index contributed by atoms with van der Waals surface area (Å²) in [5.41, 5.74) is 0.791. The van der Waals surface area contributed by atoms with E-state index in [9.17, 15) is 9.59 Å². The molecule has 0 bridgehead atoms. The normalized spacial score (nSPS) is 10.7. The molecule has 0 amide bonds. The van der Waals surface area contributed by atoms with Crippen molar-refractivity contribution in [3.8, 4) is 0 Å². The summed E-state index contributed by atoms with van der Waals surface area (Å²) in [6, 6.07) is 3.67. The van der Waals surface area contributed by atoms with Gasteiger partial charge in [0.15, 0.2) is 0 Å². The number of H-pyrrole nitrogens is 2. The molecular weight excluding hydrogens is 295 g/mol. The lowest BCUT2D eigenvalue weighted by atomic mass is 10.2. The van der Waals surface area contributed by atoms with Crippen LogP contribution in [0.4, 0.5) is 0 Å². The van der Waals surface area contributed by atoms with Gasteiger partial charge in [-0.05, 0) is 47.2 Å². The summed E-state index contributed by atoms with van der Waals surface area (Å²) in [6.07, 6.45) is 0. The van der Waals surface area contributed by atoms with E-state index in [-0.39, 0.29) is 5.56 Å². The molecule has 72 valence electrons. The van der Waals surface area contributed by atoms with Crippen molar-refractivity contribution in [1.82, 2.24) is 9.97 Å². The summed E-state index contributed by atoms with van der Waals surface area (Å²) >= 11 is 2.09. The first-order valence-corrected chi connectivity index (χ1v) is 5.08. The molecule has 4 nitrogen and oxygen atoms in total. The number of fused-ring (bicyclic) bond motifs is 1. The van der Waals surface area contributed by atoms with Crippen LogP contribution in [-0.4, -0.2) is 9.97 Å². The molecule has 1 aromatic carbocycles. The Labute approximate surface area is 92.5 Å². The summed E-state index contributed by atoms with van der Waals surface area (Å²) in [6.45, 7) is 1.91. The molecule has 2 N–H and O–H groups in total. The number of aromatic nitrogens is 2. The summed E-state index contributed by atoms with van der Waals surface area (Å²) in [7, 11) is 0.